The number of carbonyl (C=O) groups is 3. The lowest BCUT2D eigenvalue weighted by molar-refractivity contribution is -0.139. The van der Waals surface area contributed by atoms with Crippen LogP contribution in [0, 0.1) is 5.92 Å². The summed E-state index contributed by atoms with van der Waals surface area (Å²) in [6, 6.07) is 0.459. The molecule has 3 fully saturated rings. The largest absolute Gasteiger partial charge is 0.359 e. The minimum Gasteiger partial charge on any atom is -0.359 e. The molecule has 3 aliphatic rings. The lowest BCUT2D eigenvalue weighted by Crippen LogP contribution is -2.54. The first kappa shape index (κ1) is 22.0. The Morgan fingerprint density at radius 1 is 0.862 bits per heavy atom. The van der Waals surface area contributed by atoms with Gasteiger partial charge in [0.2, 0.25) is 17.7 Å². The normalized spacial score (nSPS) is 25.1. The molecular formula is C21H37N5O3. The third-order valence-electron chi connectivity index (χ3n) is 6.80. The van der Waals surface area contributed by atoms with Crippen molar-refractivity contribution in [3.63, 3.8) is 0 Å². The summed E-state index contributed by atoms with van der Waals surface area (Å²) in [5, 5.41) is 2.56. The Labute approximate surface area is 174 Å². The minimum absolute atomic E-state index is 0.0776. The van der Waals surface area contributed by atoms with Gasteiger partial charge in [-0.2, -0.15) is 0 Å². The van der Waals surface area contributed by atoms with Gasteiger partial charge in [0.25, 0.3) is 0 Å². The van der Waals surface area contributed by atoms with Crippen molar-refractivity contribution in [3.8, 4) is 0 Å². The molecule has 3 heterocycles. The van der Waals surface area contributed by atoms with Gasteiger partial charge >= 0.3 is 0 Å². The number of nitrogens with zero attached hydrogens (tertiary/aromatic N) is 4. The number of likely N-dealkylation sites (tertiary alicyclic amines) is 2. The van der Waals surface area contributed by atoms with E-state index in [0.717, 1.165) is 78.0 Å². The molecule has 3 aliphatic heterocycles. The zero-order chi connectivity index (χ0) is 20.8. The van der Waals surface area contributed by atoms with Gasteiger partial charge in [-0.25, -0.2) is 0 Å². The SMILES string of the molecule is CNC(=O)CCC(=O)N1CCC(N2CCC[C@@H](C(=O)N3CCN(C)CC3)C2)CC1. The summed E-state index contributed by atoms with van der Waals surface area (Å²) in [5.74, 6) is 0.454. The maximum absolute atomic E-state index is 13.0. The third-order valence-corrected chi connectivity index (χ3v) is 6.80. The highest BCUT2D eigenvalue weighted by Crippen LogP contribution is 2.25. The van der Waals surface area contributed by atoms with Crippen LogP contribution in [-0.2, 0) is 14.4 Å². The highest BCUT2D eigenvalue weighted by Gasteiger charge is 2.34. The predicted molar refractivity (Wildman–Crippen MR) is 111 cm³/mol. The van der Waals surface area contributed by atoms with Gasteiger partial charge in [-0.1, -0.05) is 0 Å². The van der Waals surface area contributed by atoms with Crippen LogP contribution in [0.1, 0.15) is 38.5 Å². The molecule has 164 valence electrons. The number of rotatable bonds is 5. The molecule has 0 bridgehead atoms. The zero-order valence-corrected chi connectivity index (χ0v) is 18.1. The first-order chi connectivity index (χ1) is 14.0. The fourth-order valence-corrected chi connectivity index (χ4v) is 4.81. The second-order valence-electron chi connectivity index (χ2n) is 8.75. The van der Waals surface area contributed by atoms with Crippen LogP contribution in [0.3, 0.4) is 0 Å². The standard InChI is InChI=1S/C21H37N5O3/c1-22-19(27)5-6-20(28)24-10-7-18(8-11-24)26-9-3-4-17(16-26)21(29)25-14-12-23(2)13-15-25/h17-18H,3-16H2,1-2H3,(H,22,27)/t17-/m1/s1. The van der Waals surface area contributed by atoms with Crippen molar-refractivity contribution >= 4 is 17.7 Å². The molecular weight excluding hydrogens is 370 g/mol. The van der Waals surface area contributed by atoms with Crippen molar-refractivity contribution < 1.29 is 14.4 Å². The number of amides is 3. The highest BCUT2D eigenvalue weighted by molar-refractivity contribution is 5.83. The number of hydrogen-bond donors (Lipinski definition) is 1. The summed E-state index contributed by atoms with van der Waals surface area (Å²) in [7, 11) is 3.71. The van der Waals surface area contributed by atoms with E-state index in [1.165, 1.54) is 0 Å². The minimum atomic E-state index is -0.0855. The van der Waals surface area contributed by atoms with Crippen LogP contribution in [0.2, 0.25) is 0 Å². The summed E-state index contributed by atoms with van der Waals surface area (Å²) in [6.45, 7) is 7.06. The topological polar surface area (TPSA) is 76.2 Å². The zero-order valence-electron chi connectivity index (χ0n) is 18.1. The summed E-state index contributed by atoms with van der Waals surface area (Å²) < 4.78 is 0. The molecule has 3 rings (SSSR count). The number of likely N-dealkylation sites (N-methyl/N-ethyl adjacent to an activating group) is 1. The van der Waals surface area contributed by atoms with E-state index in [1.807, 2.05) is 4.90 Å². The average molecular weight is 408 g/mol. The maximum atomic E-state index is 13.0. The monoisotopic (exact) mass is 407 g/mol. The molecule has 8 heteroatoms. The van der Waals surface area contributed by atoms with E-state index in [-0.39, 0.29) is 30.6 Å². The van der Waals surface area contributed by atoms with Crippen molar-refractivity contribution in [1.82, 2.24) is 24.9 Å². The molecule has 0 aliphatic carbocycles. The van der Waals surface area contributed by atoms with Gasteiger partial charge in [-0.3, -0.25) is 19.3 Å². The molecule has 0 saturated carbocycles. The molecule has 0 aromatic heterocycles. The van der Waals surface area contributed by atoms with Gasteiger partial charge in [-0.05, 0) is 39.3 Å². The van der Waals surface area contributed by atoms with Crippen molar-refractivity contribution in [2.24, 2.45) is 5.92 Å². The fraction of sp³-hybridized carbons (Fsp3) is 0.857. The van der Waals surface area contributed by atoms with E-state index in [2.05, 4.69) is 27.1 Å². The van der Waals surface area contributed by atoms with Crippen LogP contribution in [0.15, 0.2) is 0 Å². The van der Waals surface area contributed by atoms with E-state index < -0.39 is 0 Å². The Hall–Kier alpha value is -1.67. The average Bonchev–Trinajstić information content (AvgIpc) is 2.77. The molecule has 0 unspecified atom stereocenters. The number of hydrogen-bond acceptors (Lipinski definition) is 5. The fourth-order valence-electron chi connectivity index (χ4n) is 4.81. The van der Waals surface area contributed by atoms with Gasteiger partial charge in [-0.15, -0.1) is 0 Å². The van der Waals surface area contributed by atoms with Crippen LogP contribution in [0.25, 0.3) is 0 Å². The summed E-state index contributed by atoms with van der Waals surface area (Å²) >= 11 is 0. The van der Waals surface area contributed by atoms with Crippen LogP contribution < -0.4 is 5.32 Å². The van der Waals surface area contributed by atoms with Crippen molar-refractivity contribution in [2.45, 2.75) is 44.6 Å². The molecule has 1 atom stereocenters. The van der Waals surface area contributed by atoms with E-state index in [4.69, 9.17) is 0 Å². The molecule has 29 heavy (non-hydrogen) atoms. The Morgan fingerprint density at radius 2 is 1.55 bits per heavy atom. The molecule has 0 radical (unpaired) electrons. The molecule has 0 spiro atoms. The van der Waals surface area contributed by atoms with E-state index in [0.29, 0.717) is 11.9 Å². The Balaban J connectivity index is 1.44. The summed E-state index contributed by atoms with van der Waals surface area (Å²) in [5.41, 5.74) is 0. The molecule has 0 aromatic carbocycles. The van der Waals surface area contributed by atoms with Gasteiger partial charge in [0, 0.05) is 71.7 Å². The quantitative estimate of drug-likeness (QED) is 0.694. The smallest absolute Gasteiger partial charge is 0.227 e. The number of nitrogens with one attached hydrogen (secondary N) is 1. The van der Waals surface area contributed by atoms with Crippen LogP contribution in [-0.4, -0.2) is 110 Å². The molecule has 3 amide bonds. The van der Waals surface area contributed by atoms with Crippen LogP contribution >= 0.6 is 0 Å². The van der Waals surface area contributed by atoms with Gasteiger partial charge < -0.3 is 20.0 Å². The molecule has 1 N–H and O–H groups in total. The third kappa shape index (κ3) is 5.92. The molecule has 3 saturated heterocycles. The first-order valence-electron chi connectivity index (χ1n) is 11.2. The number of piperidine rings is 2. The van der Waals surface area contributed by atoms with Gasteiger partial charge in [0.05, 0.1) is 5.92 Å². The predicted octanol–water partition coefficient (Wildman–Crippen LogP) is -0.0104. The Morgan fingerprint density at radius 3 is 2.21 bits per heavy atom. The van der Waals surface area contributed by atoms with Gasteiger partial charge in [0.1, 0.15) is 0 Å². The second-order valence-corrected chi connectivity index (χ2v) is 8.75. The lowest BCUT2D eigenvalue weighted by atomic mass is 9.92. The van der Waals surface area contributed by atoms with Crippen LogP contribution in [0.5, 0.6) is 0 Å². The van der Waals surface area contributed by atoms with Crippen molar-refractivity contribution in [1.29, 1.82) is 0 Å². The summed E-state index contributed by atoms with van der Waals surface area (Å²) in [6.07, 6.45) is 4.54. The van der Waals surface area contributed by atoms with Crippen LogP contribution in [0.4, 0.5) is 0 Å². The van der Waals surface area contributed by atoms with E-state index >= 15 is 0 Å². The first-order valence-corrected chi connectivity index (χ1v) is 11.2. The second kappa shape index (κ2) is 10.4. The number of piperazine rings is 1. The Kier molecular flexibility index (Phi) is 7.89. The van der Waals surface area contributed by atoms with Gasteiger partial charge in [0.15, 0.2) is 0 Å². The Bertz CT molecular complexity index is 583. The molecule has 8 nitrogen and oxygen atoms in total. The highest BCUT2D eigenvalue weighted by atomic mass is 16.2. The van der Waals surface area contributed by atoms with E-state index in [1.54, 1.807) is 7.05 Å². The number of carbonyl (C=O) groups excluding carboxylic acids is 3. The maximum Gasteiger partial charge on any atom is 0.227 e. The van der Waals surface area contributed by atoms with E-state index in [9.17, 15) is 14.4 Å². The lowest BCUT2D eigenvalue weighted by Gasteiger charge is -2.43. The molecule has 0 aromatic rings. The summed E-state index contributed by atoms with van der Waals surface area (Å²) in [4.78, 5) is 45.4. The van der Waals surface area contributed by atoms with Crippen molar-refractivity contribution in [3.05, 3.63) is 0 Å². The van der Waals surface area contributed by atoms with Crippen molar-refractivity contribution in [2.75, 3.05) is 66.5 Å².